The van der Waals surface area contributed by atoms with Crippen LogP contribution in [0.15, 0.2) is 29.3 Å². The lowest BCUT2D eigenvalue weighted by Gasteiger charge is -2.33. The summed E-state index contributed by atoms with van der Waals surface area (Å²) in [5, 5.41) is 3.29. The summed E-state index contributed by atoms with van der Waals surface area (Å²) in [6.45, 7) is 1.96. The molecule has 1 fully saturated rings. The highest BCUT2D eigenvalue weighted by Gasteiger charge is 2.19. The molecule has 4 nitrogen and oxygen atoms in total. The fourth-order valence-electron chi connectivity index (χ4n) is 2.73. The lowest BCUT2D eigenvalue weighted by Crippen LogP contribution is -2.45. The molecular weight excluding hydrogens is 288 g/mol. The Balaban J connectivity index is 1.93. The number of alkyl halides is 2. The predicted octanol–water partition coefficient (Wildman–Crippen LogP) is 3.10. The molecule has 22 heavy (non-hydrogen) atoms. The Morgan fingerprint density at radius 3 is 3.00 bits per heavy atom. The number of hydrogen-bond acceptors (Lipinski definition) is 2. The van der Waals surface area contributed by atoms with Gasteiger partial charge in [-0.25, -0.2) is 0 Å². The molecule has 122 valence electrons. The van der Waals surface area contributed by atoms with E-state index in [1.165, 1.54) is 18.9 Å². The van der Waals surface area contributed by atoms with Crippen molar-refractivity contribution in [3.63, 3.8) is 0 Å². The van der Waals surface area contributed by atoms with E-state index in [0.717, 1.165) is 24.6 Å². The number of guanidine groups is 1. The highest BCUT2D eigenvalue weighted by atomic mass is 19.3. The zero-order valence-corrected chi connectivity index (χ0v) is 13.1. The summed E-state index contributed by atoms with van der Waals surface area (Å²) in [6.07, 6.45) is 2.42. The monoisotopic (exact) mass is 311 g/mol. The third kappa shape index (κ3) is 4.86. The fourth-order valence-corrected chi connectivity index (χ4v) is 2.73. The highest BCUT2D eigenvalue weighted by Crippen LogP contribution is 2.17. The fraction of sp³-hybridized carbons (Fsp3) is 0.562. The number of ether oxygens (including phenoxy) is 1. The van der Waals surface area contributed by atoms with Crippen LogP contribution in [0.4, 0.5) is 8.78 Å². The van der Waals surface area contributed by atoms with Gasteiger partial charge in [-0.15, -0.1) is 0 Å². The van der Waals surface area contributed by atoms with E-state index in [0.29, 0.717) is 12.5 Å². The third-order valence-corrected chi connectivity index (χ3v) is 3.74. The summed E-state index contributed by atoms with van der Waals surface area (Å²) in [6, 6.07) is 6.72. The van der Waals surface area contributed by atoms with Crippen molar-refractivity contribution >= 4 is 5.96 Å². The molecule has 1 saturated heterocycles. The molecule has 0 saturated carbocycles. The second-order valence-electron chi connectivity index (χ2n) is 5.62. The Labute approximate surface area is 130 Å². The molecule has 1 heterocycles. The first-order chi connectivity index (χ1) is 10.6. The van der Waals surface area contributed by atoms with E-state index >= 15 is 0 Å². The summed E-state index contributed by atoms with van der Waals surface area (Å²) in [7, 11) is 1.76. The number of nitrogens with one attached hydrogen (secondary N) is 1. The van der Waals surface area contributed by atoms with E-state index in [9.17, 15) is 8.78 Å². The Bertz CT molecular complexity index is 508. The molecule has 1 aliphatic heterocycles. The summed E-state index contributed by atoms with van der Waals surface area (Å²) in [5.41, 5.74) is 0.879. The molecule has 6 heteroatoms. The molecule has 1 N–H and O–H groups in total. The maximum Gasteiger partial charge on any atom is 0.387 e. The SMILES string of the molecule is CN=C(NCc1cccc(OC(F)F)c1)N1CCCC(C)C1. The van der Waals surface area contributed by atoms with Crippen LogP contribution in [0.2, 0.25) is 0 Å². The second kappa shape index (κ2) is 7.96. The van der Waals surface area contributed by atoms with Crippen LogP contribution in [0.25, 0.3) is 0 Å². The maximum absolute atomic E-state index is 12.2. The number of rotatable bonds is 4. The first-order valence-corrected chi connectivity index (χ1v) is 7.58. The van der Waals surface area contributed by atoms with E-state index in [-0.39, 0.29) is 5.75 Å². The van der Waals surface area contributed by atoms with Crippen molar-refractivity contribution in [1.82, 2.24) is 10.2 Å². The van der Waals surface area contributed by atoms with Crippen molar-refractivity contribution in [3.05, 3.63) is 29.8 Å². The molecule has 0 radical (unpaired) electrons. The van der Waals surface area contributed by atoms with Gasteiger partial charge in [-0.2, -0.15) is 8.78 Å². The Morgan fingerprint density at radius 2 is 2.32 bits per heavy atom. The van der Waals surface area contributed by atoms with Crippen LogP contribution in [0.1, 0.15) is 25.3 Å². The van der Waals surface area contributed by atoms with Gasteiger partial charge in [-0.05, 0) is 36.5 Å². The number of aliphatic imine (C=N–C) groups is 1. The van der Waals surface area contributed by atoms with Crippen LogP contribution in [0.3, 0.4) is 0 Å². The maximum atomic E-state index is 12.2. The third-order valence-electron chi connectivity index (χ3n) is 3.74. The van der Waals surface area contributed by atoms with Gasteiger partial charge >= 0.3 is 6.61 Å². The first-order valence-electron chi connectivity index (χ1n) is 7.58. The van der Waals surface area contributed by atoms with Gasteiger partial charge in [0.25, 0.3) is 0 Å². The van der Waals surface area contributed by atoms with Gasteiger partial charge in [0.05, 0.1) is 0 Å². The lowest BCUT2D eigenvalue weighted by atomic mass is 10.0. The average molecular weight is 311 g/mol. The zero-order valence-electron chi connectivity index (χ0n) is 13.1. The summed E-state index contributed by atoms with van der Waals surface area (Å²) >= 11 is 0. The number of likely N-dealkylation sites (tertiary alicyclic amines) is 1. The number of benzene rings is 1. The standard InChI is InChI=1S/C16H23F2N3O/c1-12-5-4-8-21(11-12)16(19-2)20-10-13-6-3-7-14(9-13)22-15(17)18/h3,6-7,9,12,15H,4-5,8,10-11H2,1-2H3,(H,19,20). The van der Waals surface area contributed by atoms with Gasteiger partial charge in [-0.3, -0.25) is 4.99 Å². The van der Waals surface area contributed by atoms with Crippen LogP contribution in [0, 0.1) is 5.92 Å². The molecule has 0 aromatic heterocycles. The molecule has 1 aliphatic rings. The minimum absolute atomic E-state index is 0.177. The van der Waals surface area contributed by atoms with E-state index in [2.05, 4.69) is 26.9 Å². The van der Waals surface area contributed by atoms with Crippen molar-refractivity contribution in [2.45, 2.75) is 32.9 Å². The van der Waals surface area contributed by atoms with E-state index < -0.39 is 6.61 Å². The van der Waals surface area contributed by atoms with Crippen molar-refractivity contribution in [3.8, 4) is 5.75 Å². The molecule has 0 aliphatic carbocycles. The second-order valence-corrected chi connectivity index (χ2v) is 5.62. The van der Waals surface area contributed by atoms with E-state index in [4.69, 9.17) is 0 Å². The van der Waals surface area contributed by atoms with Gasteiger partial charge in [0, 0.05) is 26.7 Å². The topological polar surface area (TPSA) is 36.9 Å². The van der Waals surface area contributed by atoms with Crippen LogP contribution in [-0.4, -0.2) is 37.6 Å². The highest BCUT2D eigenvalue weighted by molar-refractivity contribution is 5.80. The minimum Gasteiger partial charge on any atom is -0.435 e. The van der Waals surface area contributed by atoms with Gasteiger partial charge in [0.2, 0.25) is 0 Å². The Hall–Kier alpha value is -1.85. The molecule has 0 amide bonds. The Kier molecular flexibility index (Phi) is 5.98. The molecular formula is C16H23F2N3O. The first kappa shape index (κ1) is 16.5. The summed E-state index contributed by atoms with van der Waals surface area (Å²) in [4.78, 5) is 6.56. The van der Waals surface area contributed by atoms with Gasteiger partial charge < -0.3 is 15.0 Å². The van der Waals surface area contributed by atoms with Crippen molar-refractivity contribution in [1.29, 1.82) is 0 Å². The zero-order chi connectivity index (χ0) is 15.9. The molecule has 0 spiro atoms. The summed E-state index contributed by atoms with van der Waals surface area (Å²) < 4.78 is 28.9. The quantitative estimate of drug-likeness (QED) is 0.686. The molecule has 1 aromatic carbocycles. The molecule has 0 bridgehead atoms. The normalized spacial score (nSPS) is 19.4. The largest absolute Gasteiger partial charge is 0.435 e. The van der Waals surface area contributed by atoms with Gasteiger partial charge in [0.15, 0.2) is 5.96 Å². The van der Waals surface area contributed by atoms with E-state index in [1.807, 2.05) is 6.07 Å². The van der Waals surface area contributed by atoms with Crippen LogP contribution >= 0.6 is 0 Å². The van der Waals surface area contributed by atoms with Crippen LogP contribution in [-0.2, 0) is 6.54 Å². The number of nitrogens with zero attached hydrogens (tertiary/aromatic N) is 2. The molecule has 1 unspecified atom stereocenters. The minimum atomic E-state index is -2.80. The molecule has 1 aromatic rings. The number of hydrogen-bond donors (Lipinski definition) is 1. The van der Waals surface area contributed by atoms with Crippen molar-refractivity contribution in [2.24, 2.45) is 10.9 Å². The van der Waals surface area contributed by atoms with Gasteiger partial charge in [-0.1, -0.05) is 19.1 Å². The van der Waals surface area contributed by atoms with Crippen LogP contribution < -0.4 is 10.1 Å². The number of piperidine rings is 1. The Morgan fingerprint density at radius 1 is 1.50 bits per heavy atom. The summed E-state index contributed by atoms with van der Waals surface area (Å²) in [5.74, 6) is 1.69. The van der Waals surface area contributed by atoms with Crippen molar-refractivity contribution < 1.29 is 13.5 Å². The molecule has 2 rings (SSSR count). The smallest absolute Gasteiger partial charge is 0.387 e. The van der Waals surface area contributed by atoms with Gasteiger partial charge in [0.1, 0.15) is 5.75 Å². The lowest BCUT2D eigenvalue weighted by molar-refractivity contribution is -0.0498. The van der Waals surface area contributed by atoms with Crippen molar-refractivity contribution in [2.75, 3.05) is 20.1 Å². The average Bonchev–Trinajstić information content (AvgIpc) is 2.48. The number of halogens is 2. The van der Waals surface area contributed by atoms with E-state index in [1.54, 1.807) is 19.2 Å². The molecule has 1 atom stereocenters. The predicted molar refractivity (Wildman–Crippen MR) is 83.2 cm³/mol. The van der Waals surface area contributed by atoms with Crippen LogP contribution in [0.5, 0.6) is 5.75 Å².